The second kappa shape index (κ2) is 6.55. The van der Waals surface area contributed by atoms with Crippen LogP contribution >= 0.6 is 11.3 Å². The van der Waals surface area contributed by atoms with E-state index in [4.69, 9.17) is 4.74 Å². The zero-order valence-electron chi connectivity index (χ0n) is 14.5. The lowest BCUT2D eigenvalue weighted by Crippen LogP contribution is -2.37. The van der Waals surface area contributed by atoms with Crippen LogP contribution < -0.4 is 9.64 Å². The summed E-state index contributed by atoms with van der Waals surface area (Å²) in [6.07, 6.45) is 3.44. The fourth-order valence-corrected chi connectivity index (χ4v) is 4.94. The number of nitriles is 1. The van der Waals surface area contributed by atoms with Gasteiger partial charge in [-0.2, -0.15) is 5.26 Å². The van der Waals surface area contributed by atoms with Crippen LogP contribution in [0.15, 0.2) is 17.1 Å². The highest BCUT2D eigenvalue weighted by atomic mass is 32.1. The summed E-state index contributed by atoms with van der Waals surface area (Å²) < 4.78 is 5.00. The van der Waals surface area contributed by atoms with E-state index in [0.717, 1.165) is 42.6 Å². The highest BCUT2D eigenvalue weighted by molar-refractivity contribution is 7.20. The molecular weight excluding hydrogens is 368 g/mol. The van der Waals surface area contributed by atoms with Gasteiger partial charge in [0.05, 0.1) is 28.7 Å². The molecule has 2 aromatic rings. The lowest BCUT2D eigenvalue weighted by Gasteiger charge is -2.39. The average molecular weight is 384 g/mol. The summed E-state index contributed by atoms with van der Waals surface area (Å²) in [7, 11) is 1.32. The molecule has 1 fully saturated rings. The minimum Gasteiger partial charge on any atom is -0.504 e. The summed E-state index contributed by atoms with van der Waals surface area (Å²) in [5.74, 6) is 0.169. The minimum absolute atomic E-state index is 0.000728. The van der Waals surface area contributed by atoms with Gasteiger partial charge in [0.25, 0.3) is 5.69 Å². The number of phenols is 1. The molecule has 2 bridgehead atoms. The molecule has 3 aliphatic rings. The number of phenolic OH excluding ortho intramolecular Hbond substituents is 1. The molecule has 5 rings (SSSR count). The molecule has 0 radical (unpaired) electrons. The maximum atomic E-state index is 11.1. The third-order valence-corrected chi connectivity index (χ3v) is 6.22. The average Bonchev–Trinajstić information content (AvgIpc) is 3.08. The molecule has 4 heterocycles. The molecule has 9 heteroatoms. The molecular formula is C18H16N4O4S. The number of piperidine rings is 1. The quantitative estimate of drug-likeness (QED) is 0.489. The number of benzene rings is 1. The SMILES string of the molecule is COc1cc([N+](=O)[O-])cc(C=Nc2sc3c(c2C#N)C2CCN3CC2)c1O. The Morgan fingerprint density at radius 2 is 2.22 bits per heavy atom. The second-order valence-corrected chi connectivity index (χ2v) is 7.45. The first kappa shape index (κ1) is 17.3. The lowest BCUT2D eigenvalue weighted by atomic mass is 9.84. The van der Waals surface area contributed by atoms with Crippen LogP contribution in [0.5, 0.6) is 11.5 Å². The van der Waals surface area contributed by atoms with Gasteiger partial charge in [0.1, 0.15) is 11.1 Å². The highest BCUT2D eigenvalue weighted by Crippen LogP contribution is 2.52. The van der Waals surface area contributed by atoms with E-state index in [1.54, 1.807) is 0 Å². The first-order valence-corrected chi connectivity index (χ1v) is 9.26. The molecule has 1 saturated heterocycles. The third kappa shape index (κ3) is 2.78. The Hall–Kier alpha value is -3.12. The molecule has 0 unspecified atom stereocenters. The number of ether oxygens (including phenoxy) is 1. The summed E-state index contributed by atoms with van der Waals surface area (Å²) >= 11 is 1.45. The van der Waals surface area contributed by atoms with Crippen LogP contribution in [0.2, 0.25) is 0 Å². The number of aromatic hydroxyl groups is 1. The molecule has 0 spiro atoms. The minimum atomic E-state index is -0.561. The predicted molar refractivity (Wildman–Crippen MR) is 102 cm³/mol. The number of methoxy groups -OCH3 is 1. The Balaban J connectivity index is 1.77. The maximum absolute atomic E-state index is 11.1. The van der Waals surface area contributed by atoms with Gasteiger partial charge in [-0.3, -0.25) is 10.1 Å². The van der Waals surface area contributed by atoms with E-state index in [-0.39, 0.29) is 22.7 Å². The smallest absolute Gasteiger partial charge is 0.274 e. The Bertz CT molecular complexity index is 1000. The number of aliphatic imine (C=N–C) groups is 1. The molecule has 138 valence electrons. The Morgan fingerprint density at radius 1 is 1.48 bits per heavy atom. The number of thiophene rings is 1. The van der Waals surface area contributed by atoms with Crippen LogP contribution in [0.4, 0.5) is 15.7 Å². The molecule has 0 atom stereocenters. The first-order valence-electron chi connectivity index (χ1n) is 8.44. The fourth-order valence-electron chi connectivity index (χ4n) is 3.71. The number of non-ortho nitro benzene ring substituents is 1. The predicted octanol–water partition coefficient (Wildman–Crippen LogP) is 3.69. The van der Waals surface area contributed by atoms with Gasteiger partial charge in [0, 0.05) is 36.5 Å². The van der Waals surface area contributed by atoms with Crippen molar-refractivity contribution in [2.24, 2.45) is 4.99 Å². The van der Waals surface area contributed by atoms with E-state index in [0.29, 0.717) is 16.5 Å². The summed E-state index contributed by atoms with van der Waals surface area (Å²) in [6, 6.07) is 4.65. The van der Waals surface area contributed by atoms with Gasteiger partial charge in [0.15, 0.2) is 11.5 Å². The molecule has 3 aliphatic heterocycles. The molecule has 1 aromatic carbocycles. The monoisotopic (exact) mass is 384 g/mol. The standard InChI is InChI=1S/C18H16N4O4S/c1-26-14-7-12(22(24)25)6-11(16(14)23)9-20-17-13(8-19)15-10-2-4-21(5-3-10)18(15)27-17/h6-7,9-10,23H,2-5H2,1H3. The number of hydrogen-bond donors (Lipinski definition) is 1. The lowest BCUT2D eigenvalue weighted by molar-refractivity contribution is -0.385. The summed E-state index contributed by atoms with van der Waals surface area (Å²) in [5, 5.41) is 32.7. The molecule has 0 saturated carbocycles. The molecule has 1 N–H and O–H groups in total. The first-order chi connectivity index (χ1) is 13.0. The van der Waals surface area contributed by atoms with Crippen molar-refractivity contribution < 1.29 is 14.8 Å². The number of nitro benzene ring substituents is 1. The van der Waals surface area contributed by atoms with Gasteiger partial charge in [-0.05, 0) is 18.8 Å². The number of rotatable bonds is 4. The molecule has 8 nitrogen and oxygen atoms in total. The number of nitrogens with zero attached hydrogens (tertiary/aromatic N) is 4. The van der Waals surface area contributed by atoms with E-state index in [1.165, 1.54) is 30.7 Å². The number of fused-ring (bicyclic) bond motifs is 2. The summed E-state index contributed by atoms with van der Waals surface area (Å²) in [6.45, 7) is 1.99. The van der Waals surface area contributed by atoms with E-state index in [2.05, 4.69) is 16.0 Å². The van der Waals surface area contributed by atoms with Crippen LogP contribution in [-0.4, -0.2) is 36.4 Å². The summed E-state index contributed by atoms with van der Waals surface area (Å²) in [5.41, 5.74) is 1.60. The molecule has 0 aliphatic carbocycles. The molecule has 27 heavy (non-hydrogen) atoms. The number of anilines is 1. The van der Waals surface area contributed by atoms with E-state index in [1.807, 2.05) is 0 Å². The van der Waals surface area contributed by atoms with E-state index < -0.39 is 4.92 Å². The van der Waals surface area contributed by atoms with Gasteiger partial charge in [0.2, 0.25) is 0 Å². The van der Waals surface area contributed by atoms with Crippen LogP contribution in [0, 0.1) is 21.4 Å². The van der Waals surface area contributed by atoms with Crippen LogP contribution in [0.1, 0.15) is 35.4 Å². The zero-order chi connectivity index (χ0) is 19.1. The van der Waals surface area contributed by atoms with E-state index in [9.17, 15) is 20.5 Å². The van der Waals surface area contributed by atoms with Crippen LogP contribution in [0.3, 0.4) is 0 Å². The summed E-state index contributed by atoms with van der Waals surface area (Å²) in [4.78, 5) is 17.2. The van der Waals surface area contributed by atoms with Gasteiger partial charge in [-0.15, -0.1) is 0 Å². The van der Waals surface area contributed by atoms with Crippen LogP contribution in [0.25, 0.3) is 0 Å². The van der Waals surface area contributed by atoms with Gasteiger partial charge < -0.3 is 14.7 Å². The number of hydrogen-bond acceptors (Lipinski definition) is 8. The molecule has 0 amide bonds. The van der Waals surface area contributed by atoms with Crippen molar-refractivity contribution in [1.29, 1.82) is 5.26 Å². The van der Waals surface area contributed by atoms with Crippen molar-refractivity contribution in [1.82, 2.24) is 0 Å². The Kier molecular flexibility index (Phi) is 4.20. The van der Waals surface area contributed by atoms with Crippen LogP contribution in [-0.2, 0) is 0 Å². The van der Waals surface area contributed by atoms with Gasteiger partial charge in [-0.25, -0.2) is 4.99 Å². The number of nitro groups is 1. The molecule has 1 aromatic heterocycles. The Labute approximate surface area is 159 Å². The second-order valence-electron chi connectivity index (χ2n) is 6.48. The topological polar surface area (TPSA) is 112 Å². The third-order valence-electron chi connectivity index (χ3n) is 5.05. The van der Waals surface area contributed by atoms with Crippen molar-refractivity contribution in [3.8, 4) is 17.6 Å². The van der Waals surface area contributed by atoms with Crippen molar-refractivity contribution in [2.75, 3.05) is 25.1 Å². The van der Waals surface area contributed by atoms with Crippen molar-refractivity contribution in [2.45, 2.75) is 18.8 Å². The fraction of sp³-hybridized carbons (Fsp3) is 0.333. The largest absolute Gasteiger partial charge is 0.504 e. The van der Waals surface area contributed by atoms with E-state index >= 15 is 0 Å². The normalized spacial score (nSPS) is 15.8. The van der Waals surface area contributed by atoms with Gasteiger partial charge in [-0.1, -0.05) is 11.3 Å². The Morgan fingerprint density at radius 3 is 2.85 bits per heavy atom. The highest BCUT2D eigenvalue weighted by Gasteiger charge is 2.36. The van der Waals surface area contributed by atoms with Crippen molar-refractivity contribution in [3.63, 3.8) is 0 Å². The maximum Gasteiger partial charge on any atom is 0.274 e. The van der Waals surface area contributed by atoms with Crippen molar-refractivity contribution >= 4 is 33.2 Å². The van der Waals surface area contributed by atoms with Crippen molar-refractivity contribution in [3.05, 3.63) is 38.9 Å². The van der Waals surface area contributed by atoms with Gasteiger partial charge >= 0.3 is 0 Å². The zero-order valence-corrected chi connectivity index (χ0v) is 15.3.